The van der Waals surface area contributed by atoms with Gasteiger partial charge in [0.1, 0.15) is 0 Å². The molecule has 0 unspecified atom stereocenters. The summed E-state index contributed by atoms with van der Waals surface area (Å²) in [6, 6.07) is 0. The first-order chi connectivity index (χ1) is 6.50. The minimum absolute atomic E-state index is 0.00347. The lowest BCUT2D eigenvalue weighted by Gasteiger charge is -2.26. The molecule has 5 heteroatoms. The van der Waals surface area contributed by atoms with Gasteiger partial charge in [-0.25, -0.2) is 0 Å². The van der Waals surface area contributed by atoms with E-state index in [0.29, 0.717) is 0 Å². The molecule has 1 aliphatic rings. The smallest absolute Gasteiger partial charge is 0.445 e. The zero-order valence-electron chi connectivity index (χ0n) is 8.32. The molecular formula is C9H16BF3N-. The predicted molar refractivity (Wildman–Crippen MR) is 53.1 cm³/mol. The summed E-state index contributed by atoms with van der Waals surface area (Å²) in [4.78, 5) is 1.87. The van der Waals surface area contributed by atoms with Gasteiger partial charge < -0.3 is 17.8 Å². The third-order valence-electron chi connectivity index (χ3n) is 2.59. The molecule has 1 nitrogen and oxygen atoms in total. The molecule has 14 heavy (non-hydrogen) atoms. The summed E-state index contributed by atoms with van der Waals surface area (Å²) in [5, 5.41) is 0. The van der Waals surface area contributed by atoms with E-state index in [9.17, 15) is 12.9 Å². The van der Waals surface area contributed by atoms with Crippen molar-refractivity contribution in [2.75, 3.05) is 19.6 Å². The van der Waals surface area contributed by atoms with Crippen LogP contribution in [0.3, 0.4) is 0 Å². The van der Waals surface area contributed by atoms with Crippen LogP contribution in [0.15, 0.2) is 12.1 Å². The lowest BCUT2D eigenvalue weighted by Crippen LogP contribution is -2.33. The normalized spacial score (nSPS) is 20.5. The molecule has 0 spiro atoms. The SMILES string of the molecule is C=C(CN1CCCCCC1)[B-](F)(F)F. The molecule has 1 rings (SSSR count). The minimum atomic E-state index is -4.85. The van der Waals surface area contributed by atoms with E-state index in [-0.39, 0.29) is 6.54 Å². The molecular weight excluding hydrogens is 190 g/mol. The maximum absolute atomic E-state index is 12.2. The van der Waals surface area contributed by atoms with Crippen molar-refractivity contribution in [1.82, 2.24) is 4.90 Å². The van der Waals surface area contributed by atoms with Gasteiger partial charge in [-0.2, -0.15) is 0 Å². The lowest BCUT2D eigenvalue weighted by atomic mass is 9.80. The molecule has 1 saturated heterocycles. The fraction of sp³-hybridized carbons (Fsp3) is 0.778. The van der Waals surface area contributed by atoms with Gasteiger partial charge in [0.25, 0.3) is 0 Å². The molecule has 0 radical (unpaired) electrons. The van der Waals surface area contributed by atoms with Crippen LogP contribution in [-0.4, -0.2) is 31.5 Å². The van der Waals surface area contributed by atoms with Crippen molar-refractivity contribution in [3.05, 3.63) is 12.1 Å². The number of likely N-dealkylation sites (tertiary alicyclic amines) is 1. The Labute approximate surface area is 83.0 Å². The quantitative estimate of drug-likeness (QED) is 0.641. The first-order valence-corrected chi connectivity index (χ1v) is 5.10. The second-order valence-electron chi connectivity index (χ2n) is 3.92. The van der Waals surface area contributed by atoms with Crippen molar-refractivity contribution in [2.24, 2.45) is 0 Å². The maximum atomic E-state index is 12.2. The van der Waals surface area contributed by atoms with Crippen LogP contribution in [0.2, 0.25) is 0 Å². The molecule has 0 N–H and O–H groups in total. The van der Waals surface area contributed by atoms with Crippen LogP contribution < -0.4 is 0 Å². The Hall–Kier alpha value is -0.445. The number of nitrogens with zero attached hydrogens (tertiary/aromatic N) is 1. The molecule has 0 aromatic heterocycles. The fourth-order valence-electron chi connectivity index (χ4n) is 1.69. The number of halogens is 3. The molecule has 0 aliphatic carbocycles. The van der Waals surface area contributed by atoms with E-state index < -0.39 is 12.4 Å². The van der Waals surface area contributed by atoms with Crippen LogP contribution in [0.1, 0.15) is 25.7 Å². The topological polar surface area (TPSA) is 3.24 Å². The second kappa shape index (κ2) is 4.87. The molecule has 1 fully saturated rings. The number of rotatable bonds is 3. The van der Waals surface area contributed by atoms with Gasteiger partial charge in [-0.05, 0) is 32.5 Å². The standard InChI is InChI=1S/C9H16BF3N/c1-9(10(11,12)13)8-14-6-4-2-3-5-7-14/h1-8H2/q-1. The summed E-state index contributed by atoms with van der Waals surface area (Å²) >= 11 is 0. The van der Waals surface area contributed by atoms with E-state index in [4.69, 9.17) is 0 Å². The highest BCUT2D eigenvalue weighted by Crippen LogP contribution is 2.20. The zero-order chi connectivity index (χ0) is 10.6. The Morgan fingerprint density at radius 3 is 2.00 bits per heavy atom. The summed E-state index contributed by atoms with van der Waals surface area (Å²) in [6.07, 6.45) is 4.30. The van der Waals surface area contributed by atoms with Gasteiger partial charge in [-0.3, -0.25) is 0 Å². The van der Waals surface area contributed by atoms with Crippen molar-refractivity contribution < 1.29 is 12.9 Å². The van der Waals surface area contributed by atoms with Crippen LogP contribution in [0, 0.1) is 0 Å². The Morgan fingerprint density at radius 2 is 1.57 bits per heavy atom. The third-order valence-corrected chi connectivity index (χ3v) is 2.59. The van der Waals surface area contributed by atoms with E-state index in [0.717, 1.165) is 38.8 Å². The fourth-order valence-corrected chi connectivity index (χ4v) is 1.69. The molecule has 0 saturated carbocycles. The lowest BCUT2D eigenvalue weighted by molar-refractivity contribution is 0.307. The highest BCUT2D eigenvalue weighted by Gasteiger charge is 2.27. The molecule has 0 aromatic rings. The van der Waals surface area contributed by atoms with Crippen molar-refractivity contribution in [3.8, 4) is 0 Å². The van der Waals surface area contributed by atoms with Gasteiger partial charge in [0, 0.05) is 0 Å². The van der Waals surface area contributed by atoms with Crippen LogP contribution in [0.4, 0.5) is 12.9 Å². The number of hydrogen-bond donors (Lipinski definition) is 0. The van der Waals surface area contributed by atoms with E-state index in [1.54, 1.807) is 0 Å². The molecule has 1 heterocycles. The largest absolute Gasteiger partial charge is 0.506 e. The predicted octanol–water partition coefficient (Wildman–Crippen LogP) is 2.81. The minimum Gasteiger partial charge on any atom is -0.445 e. The Balaban J connectivity index is 2.38. The Morgan fingerprint density at radius 1 is 1.07 bits per heavy atom. The third kappa shape index (κ3) is 3.74. The summed E-state index contributed by atoms with van der Waals surface area (Å²) in [5.41, 5.74) is -0.563. The van der Waals surface area contributed by atoms with Crippen molar-refractivity contribution >= 4 is 6.98 Å². The number of hydrogen-bond acceptors (Lipinski definition) is 1. The van der Waals surface area contributed by atoms with E-state index in [1.807, 2.05) is 4.90 Å². The monoisotopic (exact) mass is 206 g/mol. The van der Waals surface area contributed by atoms with Gasteiger partial charge in [-0.15, -0.1) is 12.1 Å². The van der Waals surface area contributed by atoms with E-state index in [1.165, 1.54) is 0 Å². The average molecular weight is 206 g/mol. The molecule has 0 bridgehead atoms. The van der Waals surface area contributed by atoms with Gasteiger partial charge in [0.2, 0.25) is 0 Å². The summed E-state index contributed by atoms with van der Waals surface area (Å²) in [5.74, 6) is 0. The van der Waals surface area contributed by atoms with Crippen LogP contribution in [0.5, 0.6) is 0 Å². The summed E-state index contributed by atoms with van der Waals surface area (Å²) in [7, 11) is 0. The highest BCUT2D eigenvalue weighted by molar-refractivity contribution is 6.66. The Kier molecular flexibility index (Phi) is 4.04. The Bertz CT molecular complexity index is 195. The second-order valence-corrected chi connectivity index (χ2v) is 3.92. The van der Waals surface area contributed by atoms with Gasteiger partial charge in [-0.1, -0.05) is 12.8 Å². The van der Waals surface area contributed by atoms with Crippen molar-refractivity contribution in [1.29, 1.82) is 0 Å². The first kappa shape index (κ1) is 11.6. The maximum Gasteiger partial charge on any atom is 0.506 e. The molecule has 0 amide bonds. The summed E-state index contributed by atoms with van der Waals surface area (Å²) < 4.78 is 36.7. The van der Waals surface area contributed by atoms with E-state index >= 15 is 0 Å². The summed E-state index contributed by atoms with van der Waals surface area (Å²) in [6.45, 7) is -0.164. The van der Waals surface area contributed by atoms with Crippen molar-refractivity contribution in [3.63, 3.8) is 0 Å². The first-order valence-electron chi connectivity index (χ1n) is 5.10. The van der Waals surface area contributed by atoms with Crippen LogP contribution >= 0.6 is 0 Å². The van der Waals surface area contributed by atoms with E-state index in [2.05, 4.69) is 6.58 Å². The molecule has 0 atom stereocenters. The van der Waals surface area contributed by atoms with Gasteiger partial charge in [0.15, 0.2) is 0 Å². The van der Waals surface area contributed by atoms with Crippen molar-refractivity contribution in [2.45, 2.75) is 25.7 Å². The van der Waals surface area contributed by atoms with Crippen LogP contribution in [0.25, 0.3) is 0 Å². The zero-order valence-corrected chi connectivity index (χ0v) is 8.32. The van der Waals surface area contributed by atoms with Gasteiger partial charge >= 0.3 is 6.98 Å². The average Bonchev–Trinajstić information content (AvgIpc) is 2.31. The molecule has 0 aromatic carbocycles. The van der Waals surface area contributed by atoms with Gasteiger partial charge in [0.05, 0.1) is 0 Å². The van der Waals surface area contributed by atoms with Crippen LogP contribution in [-0.2, 0) is 0 Å². The molecule has 82 valence electrons. The molecule has 1 aliphatic heterocycles. The highest BCUT2D eigenvalue weighted by atomic mass is 19.4.